The summed E-state index contributed by atoms with van der Waals surface area (Å²) in [4.78, 5) is 22.8. The second-order valence-corrected chi connectivity index (χ2v) is 4.82. The van der Waals surface area contributed by atoms with Crippen LogP contribution in [0.1, 0.15) is 44.9 Å². The van der Waals surface area contributed by atoms with Gasteiger partial charge in [0.2, 0.25) is 5.91 Å². The van der Waals surface area contributed by atoms with E-state index in [4.69, 9.17) is 6.42 Å². The Bertz CT molecular complexity index is 330. The molecule has 3 N–H and O–H groups in total. The lowest BCUT2D eigenvalue weighted by Crippen LogP contribution is -2.43. The van der Waals surface area contributed by atoms with Gasteiger partial charge in [0.15, 0.2) is 0 Å². The summed E-state index contributed by atoms with van der Waals surface area (Å²) in [6.07, 6.45) is 11.8. The van der Waals surface area contributed by atoms with E-state index in [0.717, 1.165) is 12.8 Å². The molecule has 0 aromatic carbocycles. The van der Waals surface area contributed by atoms with E-state index in [0.29, 0.717) is 25.4 Å². The first kappa shape index (κ1) is 15.4. The van der Waals surface area contributed by atoms with E-state index in [1.54, 1.807) is 0 Å². The van der Waals surface area contributed by atoms with Crippen LogP contribution in [0.25, 0.3) is 0 Å². The van der Waals surface area contributed by atoms with Gasteiger partial charge < -0.3 is 16.0 Å². The highest BCUT2D eigenvalue weighted by molar-refractivity contribution is 5.76. The molecule has 1 saturated carbocycles. The third kappa shape index (κ3) is 7.35. The van der Waals surface area contributed by atoms with Crippen LogP contribution in [0.4, 0.5) is 4.79 Å². The van der Waals surface area contributed by atoms with Crippen LogP contribution >= 0.6 is 0 Å². The van der Waals surface area contributed by atoms with E-state index in [1.807, 2.05) is 0 Å². The quantitative estimate of drug-likeness (QED) is 0.498. The van der Waals surface area contributed by atoms with Crippen molar-refractivity contribution in [1.29, 1.82) is 0 Å². The Morgan fingerprint density at radius 2 is 1.89 bits per heavy atom. The average Bonchev–Trinajstić information content (AvgIpc) is 2.42. The fraction of sp³-hybridized carbons (Fsp3) is 0.714. The molecule has 0 aromatic heterocycles. The normalized spacial score (nSPS) is 15.3. The van der Waals surface area contributed by atoms with Crippen molar-refractivity contribution in [2.75, 3.05) is 13.1 Å². The van der Waals surface area contributed by atoms with Crippen LogP contribution in [-0.4, -0.2) is 31.1 Å². The van der Waals surface area contributed by atoms with E-state index in [1.165, 1.54) is 19.3 Å². The van der Waals surface area contributed by atoms with E-state index >= 15 is 0 Å². The Balaban J connectivity index is 2.00. The van der Waals surface area contributed by atoms with Gasteiger partial charge in [0, 0.05) is 19.0 Å². The zero-order valence-corrected chi connectivity index (χ0v) is 11.3. The minimum absolute atomic E-state index is 0.0764. The number of urea groups is 1. The average molecular weight is 265 g/mol. The van der Waals surface area contributed by atoms with E-state index in [-0.39, 0.29) is 18.5 Å². The SMILES string of the molecule is C#CCNC(=O)CCCNC(=O)NC1CCCCC1. The molecule has 0 radical (unpaired) electrons. The molecule has 3 amide bonds. The molecule has 0 spiro atoms. The maximum absolute atomic E-state index is 11.6. The second-order valence-electron chi connectivity index (χ2n) is 4.82. The number of hydrogen-bond acceptors (Lipinski definition) is 2. The molecular formula is C14H23N3O2. The smallest absolute Gasteiger partial charge is 0.315 e. The van der Waals surface area contributed by atoms with Crippen LogP contribution in [-0.2, 0) is 4.79 Å². The van der Waals surface area contributed by atoms with Crippen molar-refractivity contribution in [3.05, 3.63) is 0 Å². The molecule has 0 aromatic rings. The number of nitrogens with one attached hydrogen (secondary N) is 3. The maximum Gasteiger partial charge on any atom is 0.315 e. The van der Waals surface area contributed by atoms with Gasteiger partial charge in [-0.15, -0.1) is 6.42 Å². The molecule has 5 heteroatoms. The minimum Gasteiger partial charge on any atom is -0.345 e. The molecule has 1 fully saturated rings. The third-order valence-electron chi connectivity index (χ3n) is 3.19. The van der Waals surface area contributed by atoms with Gasteiger partial charge in [-0.05, 0) is 19.3 Å². The topological polar surface area (TPSA) is 70.2 Å². The fourth-order valence-electron chi connectivity index (χ4n) is 2.17. The number of carbonyl (C=O) groups is 2. The summed E-state index contributed by atoms with van der Waals surface area (Å²) in [5.74, 6) is 2.26. The first-order valence-corrected chi connectivity index (χ1v) is 6.97. The molecule has 5 nitrogen and oxygen atoms in total. The largest absolute Gasteiger partial charge is 0.345 e. The molecule has 1 aliphatic rings. The van der Waals surface area contributed by atoms with Crippen LogP contribution in [0.3, 0.4) is 0 Å². The Kier molecular flexibility index (Phi) is 7.48. The van der Waals surface area contributed by atoms with Crippen molar-refractivity contribution < 1.29 is 9.59 Å². The van der Waals surface area contributed by atoms with Crippen LogP contribution in [0.5, 0.6) is 0 Å². The molecule has 0 heterocycles. The lowest BCUT2D eigenvalue weighted by atomic mass is 9.96. The summed E-state index contributed by atoms with van der Waals surface area (Å²) in [7, 11) is 0. The molecule has 1 rings (SSSR count). The number of amides is 3. The number of carbonyl (C=O) groups excluding carboxylic acids is 2. The second kappa shape index (κ2) is 9.26. The standard InChI is InChI=1S/C14H23N3O2/c1-2-10-15-13(18)9-6-11-16-14(19)17-12-7-4-3-5-8-12/h1,12H,3-11H2,(H,15,18)(H2,16,17,19). The van der Waals surface area contributed by atoms with Gasteiger partial charge in [-0.3, -0.25) is 4.79 Å². The summed E-state index contributed by atoms with van der Waals surface area (Å²) in [6, 6.07) is 0.184. The molecule has 0 unspecified atom stereocenters. The molecule has 106 valence electrons. The lowest BCUT2D eigenvalue weighted by molar-refractivity contribution is -0.120. The number of terminal acetylenes is 1. The molecule has 19 heavy (non-hydrogen) atoms. The molecule has 0 aliphatic heterocycles. The van der Waals surface area contributed by atoms with Crippen molar-refractivity contribution in [1.82, 2.24) is 16.0 Å². The Hall–Kier alpha value is -1.70. The minimum atomic E-state index is -0.129. The predicted octanol–water partition coefficient (Wildman–Crippen LogP) is 1.15. The zero-order chi connectivity index (χ0) is 13.9. The highest BCUT2D eigenvalue weighted by Crippen LogP contribution is 2.16. The summed E-state index contributed by atoms with van der Waals surface area (Å²) in [5.41, 5.74) is 0. The van der Waals surface area contributed by atoms with Crippen molar-refractivity contribution >= 4 is 11.9 Å². The fourth-order valence-corrected chi connectivity index (χ4v) is 2.17. The van der Waals surface area contributed by atoms with Gasteiger partial charge in [0.1, 0.15) is 0 Å². The summed E-state index contributed by atoms with van der Waals surface area (Å²) < 4.78 is 0. The van der Waals surface area contributed by atoms with Crippen LogP contribution in [0.2, 0.25) is 0 Å². The van der Waals surface area contributed by atoms with Crippen LogP contribution in [0.15, 0.2) is 0 Å². The zero-order valence-electron chi connectivity index (χ0n) is 11.3. The molecule has 0 atom stereocenters. The maximum atomic E-state index is 11.6. The predicted molar refractivity (Wildman–Crippen MR) is 74.5 cm³/mol. The molecule has 1 aliphatic carbocycles. The molecule has 0 saturated heterocycles. The van der Waals surface area contributed by atoms with Gasteiger partial charge in [-0.1, -0.05) is 25.2 Å². The summed E-state index contributed by atoms with van der Waals surface area (Å²) in [5, 5.41) is 8.32. The highest BCUT2D eigenvalue weighted by atomic mass is 16.2. The summed E-state index contributed by atoms with van der Waals surface area (Å²) >= 11 is 0. The van der Waals surface area contributed by atoms with E-state index in [2.05, 4.69) is 21.9 Å². The van der Waals surface area contributed by atoms with Crippen molar-refractivity contribution in [3.63, 3.8) is 0 Å². The monoisotopic (exact) mass is 265 g/mol. The van der Waals surface area contributed by atoms with Gasteiger partial charge in [-0.2, -0.15) is 0 Å². The molecule has 0 bridgehead atoms. The number of rotatable bonds is 6. The summed E-state index contributed by atoms with van der Waals surface area (Å²) in [6.45, 7) is 0.760. The highest BCUT2D eigenvalue weighted by Gasteiger charge is 2.15. The first-order chi connectivity index (χ1) is 9.22. The Labute approximate surface area is 114 Å². The van der Waals surface area contributed by atoms with Crippen molar-refractivity contribution in [2.24, 2.45) is 0 Å². The third-order valence-corrected chi connectivity index (χ3v) is 3.19. The number of hydrogen-bond donors (Lipinski definition) is 3. The van der Waals surface area contributed by atoms with Gasteiger partial charge in [0.05, 0.1) is 6.54 Å². The lowest BCUT2D eigenvalue weighted by Gasteiger charge is -2.22. The van der Waals surface area contributed by atoms with Gasteiger partial charge in [0.25, 0.3) is 0 Å². The van der Waals surface area contributed by atoms with Crippen LogP contribution < -0.4 is 16.0 Å². The van der Waals surface area contributed by atoms with E-state index in [9.17, 15) is 9.59 Å². The van der Waals surface area contributed by atoms with Gasteiger partial charge in [-0.25, -0.2) is 4.79 Å². The van der Waals surface area contributed by atoms with Gasteiger partial charge >= 0.3 is 6.03 Å². The van der Waals surface area contributed by atoms with Crippen LogP contribution in [0, 0.1) is 12.3 Å². The van der Waals surface area contributed by atoms with Crippen molar-refractivity contribution in [2.45, 2.75) is 51.0 Å². The van der Waals surface area contributed by atoms with E-state index < -0.39 is 0 Å². The first-order valence-electron chi connectivity index (χ1n) is 6.97. The molecular weight excluding hydrogens is 242 g/mol. The Morgan fingerprint density at radius 1 is 1.16 bits per heavy atom. The Morgan fingerprint density at radius 3 is 2.58 bits per heavy atom. The van der Waals surface area contributed by atoms with Crippen molar-refractivity contribution in [3.8, 4) is 12.3 Å².